The molecular weight excluding hydrogens is 478 g/mol. The van der Waals surface area contributed by atoms with E-state index >= 15 is 0 Å². The van der Waals surface area contributed by atoms with Crippen LogP contribution in [0.1, 0.15) is 60.2 Å². The number of imidazole rings is 1. The molecule has 1 aliphatic rings. The van der Waals surface area contributed by atoms with Gasteiger partial charge in [0.1, 0.15) is 5.60 Å². The predicted molar refractivity (Wildman–Crippen MR) is 129 cm³/mol. The number of carbonyl (C=O) groups is 2. The highest BCUT2D eigenvalue weighted by molar-refractivity contribution is 7.14. The van der Waals surface area contributed by atoms with Gasteiger partial charge in [-0.15, -0.1) is 11.3 Å². The highest BCUT2D eigenvalue weighted by Gasteiger charge is 2.33. The van der Waals surface area contributed by atoms with Crippen LogP contribution in [0.25, 0.3) is 11.0 Å². The number of aliphatic hydroxyl groups excluding tert-OH is 1. The number of anilines is 1. The van der Waals surface area contributed by atoms with Crippen molar-refractivity contribution in [2.75, 3.05) is 11.9 Å². The topological polar surface area (TPSA) is 96.7 Å². The van der Waals surface area contributed by atoms with Crippen molar-refractivity contribution in [1.29, 1.82) is 0 Å². The molecule has 4 rings (SSSR count). The summed E-state index contributed by atoms with van der Waals surface area (Å²) in [5.74, 6) is -0.306. The zero-order chi connectivity index (χ0) is 25.3. The fraction of sp³-hybridized carbons (Fsp3) is 0.458. The Labute approximate surface area is 205 Å². The summed E-state index contributed by atoms with van der Waals surface area (Å²) in [5.41, 5.74) is 1.32. The summed E-state index contributed by atoms with van der Waals surface area (Å²) in [7, 11) is 0. The minimum atomic E-state index is -2.65. The fourth-order valence-corrected chi connectivity index (χ4v) is 4.87. The average molecular weight is 507 g/mol. The number of likely N-dealkylation sites (tertiary alicyclic amines) is 1. The summed E-state index contributed by atoms with van der Waals surface area (Å²) in [6.45, 7) is 6.21. The van der Waals surface area contributed by atoms with Crippen molar-refractivity contribution in [3.05, 3.63) is 45.6 Å². The maximum atomic E-state index is 13.0. The van der Waals surface area contributed by atoms with Gasteiger partial charge in [0.05, 0.1) is 33.4 Å². The van der Waals surface area contributed by atoms with Crippen molar-refractivity contribution in [3.63, 3.8) is 0 Å². The smallest absolute Gasteiger partial charge is 0.410 e. The first-order valence-corrected chi connectivity index (χ1v) is 12.2. The molecule has 1 fully saturated rings. The third-order valence-electron chi connectivity index (χ3n) is 5.68. The van der Waals surface area contributed by atoms with Gasteiger partial charge in [-0.05, 0) is 63.4 Å². The molecule has 1 unspecified atom stereocenters. The number of nitrogens with zero attached hydrogens (tertiary/aromatic N) is 3. The number of hydrogen-bond acceptors (Lipinski definition) is 6. The second-order valence-corrected chi connectivity index (χ2v) is 10.6. The molecule has 1 atom stereocenters. The van der Waals surface area contributed by atoms with Gasteiger partial charge in [-0.25, -0.2) is 18.6 Å². The summed E-state index contributed by atoms with van der Waals surface area (Å²) in [6.07, 6.45) is -1.47. The molecule has 35 heavy (non-hydrogen) atoms. The van der Waals surface area contributed by atoms with Gasteiger partial charge >= 0.3 is 6.09 Å². The van der Waals surface area contributed by atoms with Crippen LogP contribution in [-0.2, 0) is 17.9 Å². The third kappa shape index (κ3) is 5.62. The van der Waals surface area contributed by atoms with Crippen LogP contribution in [0.5, 0.6) is 0 Å². The molecular formula is C24H28F2N4O4S. The average Bonchev–Trinajstić information content (AvgIpc) is 3.51. The number of ether oxygens (including phenoxy) is 1. The lowest BCUT2D eigenvalue weighted by Crippen LogP contribution is -2.41. The second-order valence-electron chi connectivity index (χ2n) is 9.45. The summed E-state index contributed by atoms with van der Waals surface area (Å²) in [4.78, 5) is 31.8. The van der Waals surface area contributed by atoms with Crippen molar-refractivity contribution in [2.24, 2.45) is 0 Å². The number of benzene rings is 1. The summed E-state index contributed by atoms with van der Waals surface area (Å²) in [6, 6.07) is 7.71. The van der Waals surface area contributed by atoms with E-state index in [0.717, 1.165) is 24.2 Å². The van der Waals surface area contributed by atoms with Crippen LogP contribution in [0.4, 0.5) is 19.5 Å². The van der Waals surface area contributed by atoms with Crippen LogP contribution in [0.3, 0.4) is 0 Å². The molecule has 1 aliphatic heterocycles. The molecule has 2 aromatic heterocycles. The molecule has 3 aromatic rings. The molecule has 0 saturated carbocycles. The zero-order valence-corrected chi connectivity index (χ0v) is 20.6. The number of nitrogens with one attached hydrogen (secondary N) is 1. The Bertz CT molecular complexity index is 1230. The SMILES string of the molecule is CC(C)(C)OC(=O)N1CCCC1Cn1c(NC(=O)c2ccc(C(F)F)s2)nc2cc(CO)ccc21. The lowest BCUT2D eigenvalue weighted by Gasteiger charge is -2.29. The second kappa shape index (κ2) is 9.90. The number of amides is 2. The highest BCUT2D eigenvalue weighted by atomic mass is 32.1. The lowest BCUT2D eigenvalue weighted by molar-refractivity contribution is 0.0215. The highest BCUT2D eigenvalue weighted by Crippen LogP contribution is 2.30. The van der Waals surface area contributed by atoms with E-state index in [1.54, 1.807) is 23.1 Å². The molecule has 0 aliphatic carbocycles. The molecule has 8 nitrogen and oxygen atoms in total. The molecule has 0 spiro atoms. The van der Waals surface area contributed by atoms with Crippen LogP contribution >= 0.6 is 11.3 Å². The Morgan fingerprint density at radius 2 is 2.06 bits per heavy atom. The van der Waals surface area contributed by atoms with Gasteiger partial charge in [-0.3, -0.25) is 10.1 Å². The first-order chi connectivity index (χ1) is 16.6. The standard InChI is InChI=1S/C24H28F2N4O4S/c1-24(2,3)34-23(33)29-10-4-5-15(29)12-30-17-7-6-14(13-31)11-16(17)27-22(30)28-21(32)19-9-8-18(35-19)20(25)26/h6-9,11,15,20,31H,4-5,10,12-13H2,1-3H3,(H,27,28,32). The largest absolute Gasteiger partial charge is 0.444 e. The van der Waals surface area contributed by atoms with E-state index < -0.39 is 24.0 Å². The van der Waals surface area contributed by atoms with E-state index in [1.165, 1.54) is 12.1 Å². The number of halogens is 2. The minimum Gasteiger partial charge on any atom is -0.444 e. The Balaban J connectivity index is 1.64. The normalized spacial score (nSPS) is 16.3. The minimum absolute atomic E-state index is 0.145. The zero-order valence-electron chi connectivity index (χ0n) is 19.8. The van der Waals surface area contributed by atoms with Gasteiger partial charge in [-0.2, -0.15) is 0 Å². The number of alkyl halides is 2. The Kier molecular flexibility index (Phi) is 7.09. The van der Waals surface area contributed by atoms with Crippen molar-refractivity contribution in [2.45, 2.75) is 64.8 Å². The van der Waals surface area contributed by atoms with Gasteiger partial charge in [0.25, 0.3) is 12.3 Å². The maximum Gasteiger partial charge on any atom is 0.410 e. The van der Waals surface area contributed by atoms with E-state index in [9.17, 15) is 23.5 Å². The number of carbonyl (C=O) groups excluding carboxylic acids is 2. The molecule has 3 heterocycles. The molecule has 2 amide bonds. The molecule has 0 radical (unpaired) electrons. The van der Waals surface area contributed by atoms with Gasteiger partial charge in [0.15, 0.2) is 0 Å². The van der Waals surface area contributed by atoms with E-state index in [2.05, 4.69) is 10.3 Å². The van der Waals surface area contributed by atoms with Crippen LogP contribution in [0, 0.1) is 0 Å². The molecule has 188 valence electrons. The lowest BCUT2D eigenvalue weighted by atomic mass is 10.2. The maximum absolute atomic E-state index is 13.0. The number of rotatable bonds is 6. The monoisotopic (exact) mass is 506 g/mol. The van der Waals surface area contributed by atoms with Gasteiger partial charge in [0.2, 0.25) is 5.95 Å². The van der Waals surface area contributed by atoms with E-state index in [0.29, 0.717) is 29.7 Å². The van der Waals surface area contributed by atoms with Gasteiger partial charge in [-0.1, -0.05) is 6.07 Å². The van der Waals surface area contributed by atoms with E-state index in [4.69, 9.17) is 4.74 Å². The summed E-state index contributed by atoms with van der Waals surface area (Å²) >= 11 is 0.728. The van der Waals surface area contributed by atoms with Gasteiger partial charge < -0.3 is 19.3 Å². The van der Waals surface area contributed by atoms with Crippen LogP contribution in [-0.4, -0.2) is 49.7 Å². The summed E-state index contributed by atoms with van der Waals surface area (Å²) < 4.78 is 33.3. The molecule has 1 aromatic carbocycles. The van der Waals surface area contributed by atoms with Crippen molar-refractivity contribution < 1.29 is 28.2 Å². The summed E-state index contributed by atoms with van der Waals surface area (Å²) in [5, 5.41) is 12.3. The number of fused-ring (bicyclic) bond motifs is 1. The molecule has 0 bridgehead atoms. The predicted octanol–water partition coefficient (Wildman–Crippen LogP) is 5.18. The van der Waals surface area contributed by atoms with Crippen LogP contribution in [0.2, 0.25) is 0 Å². The molecule has 2 N–H and O–H groups in total. The van der Waals surface area contributed by atoms with Crippen LogP contribution < -0.4 is 5.32 Å². The van der Waals surface area contributed by atoms with Crippen molar-refractivity contribution in [1.82, 2.24) is 14.5 Å². The number of aromatic nitrogens is 2. The van der Waals surface area contributed by atoms with Crippen molar-refractivity contribution >= 4 is 40.3 Å². The van der Waals surface area contributed by atoms with E-state index in [-0.39, 0.29) is 28.4 Å². The fourth-order valence-electron chi connectivity index (χ4n) is 4.11. The first kappa shape index (κ1) is 25.1. The Morgan fingerprint density at radius 1 is 1.29 bits per heavy atom. The molecule has 11 heteroatoms. The Hall–Kier alpha value is -3.05. The quantitative estimate of drug-likeness (QED) is 0.480. The Morgan fingerprint density at radius 3 is 2.71 bits per heavy atom. The third-order valence-corrected chi connectivity index (χ3v) is 6.78. The van der Waals surface area contributed by atoms with Crippen LogP contribution in [0.15, 0.2) is 30.3 Å². The number of thiophene rings is 1. The van der Waals surface area contributed by atoms with E-state index in [1.807, 2.05) is 25.3 Å². The number of hydrogen-bond donors (Lipinski definition) is 2. The van der Waals surface area contributed by atoms with Crippen molar-refractivity contribution in [3.8, 4) is 0 Å². The molecule has 1 saturated heterocycles. The van der Waals surface area contributed by atoms with Gasteiger partial charge in [0, 0.05) is 13.1 Å². The first-order valence-electron chi connectivity index (χ1n) is 11.3. The number of aliphatic hydroxyl groups is 1.